The van der Waals surface area contributed by atoms with Crippen molar-refractivity contribution in [3.05, 3.63) is 83.4 Å². The van der Waals surface area contributed by atoms with Gasteiger partial charge in [-0.15, -0.1) is 0 Å². The summed E-state index contributed by atoms with van der Waals surface area (Å²) >= 11 is 0. The number of aldehydes is 1. The van der Waals surface area contributed by atoms with Crippen molar-refractivity contribution in [3.8, 4) is 22.6 Å². The van der Waals surface area contributed by atoms with Crippen LogP contribution in [0.4, 0.5) is 13.2 Å². The predicted octanol–water partition coefficient (Wildman–Crippen LogP) is 5.71. The zero-order valence-corrected chi connectivity index (χ0v) is 17.7. The average Bonchev–Trinajstić information content (AvgIpc) is 2.80. The highest BCUT2D eigenvalue weighted by Crippen LogP contribution is 2.39. The van der Waals surface area contributed by atoms with E-state index in [2.05, 4.69) is 0 Å². The van der Waals surface area contributed by atoms with E-state index in [1.165, 1.54) is 19.1 Å². The summed E-state index contributed by atoms with van der Waals surface area (Å²) < 4.78 is 57.0. The van der Waals surface area contributed by atoms with Crippen molar-refractivity contribution in [2.45, 2.75) is 19.7 Å². The minimum Gasteiger partial charge on any atom is -0.490 e. The second-order valence-corrected chi connectivity index (χ2v) is 7.07. The summed E-state index contributed by atoms with van der Waals surface area (Å²) in [5, 5.41) is 0. The topological polar surface area (TPSA) is 61.8 Å². The zero-order chi connectivity index (χ0) is 23.8. The largest absolute Gasteiger partial charge is 0.490 e. The quantitative estimate of drug-likeness (QED) is 0.234. The van der Waals surface area contributed by atoms with Crippen molar-refractivity contribution in [2.24, 2.45) is 0 Å². The van der Waals surface area contributed by atoms with E-state index in [4.69, 9.17) is 14.2 Å². The van der Waals surface area contributed by atoms with Crippen LogP contribution in [0, 0.1) is 0 Å². The molecule has 0 unspecified atom stereocenters. The molecule has 8 heteroatoms. The summed E-state index contributed by atoms with van der Waals surface area (Å²) in [4.78, 5) is 21.5. The minimum atomic E-state index is -4.60. The fraction of sp³-hybridized carbons (Fsp3) is 0.200. The lowest BCUT2D eigenvalue weighted by Crippen LogP contribution is -2.11. The molecule has 0 bridgehead atoms. The maximum Gasteiger partial charge on any atom is 0.417 e. The van der Waals surface area contributed by atoms with Crippen molar-refractivity contribution in [1.82, 2.24) is 0 Å². The molecule has 0 heterocycles. The van der Waals surface area contributed by atoms with Gasteiger partial charge in [-0.25, -0.2) is 0 Å². The van der Waals surface area contributed by atoms with Gasteiger partial charge in [0.25, 0.3) is 0 Å². The number of rotatable bonds is 9. The van der Waals surface area contributed by atoms with Gasteiger partial charge in [-0.05, 0) is 59.2 Å². The Morgan fingerprint density at radius 2 is 1.64 bits per heavy atom. The molecule has 0 amide bonds. The summed E-state index contributed by atoms with van der Waals surface area (Å²) in [7, 11) is 0. The Balaban J connectivity index is 1.78. The highest BCUT2D eigenvalue weighted by atomic mass is 19.4. The first-order valence-electron chi connectivity index (χ1n) is 10.0. The summed E-state index contributed by atoms with van der Waals surface area (Å²) in [5.41, 5.74) is 0.748. The molecule has 0 N–H and O–H groups in total. The van der Waals surface area contributed by atoms with Gasteiger partial charge in [0.15, 0.2) is 0 Å². The molecule has 0 aliphatic rings. The molecular weight excluding hydrogens is 437 g/mol. The number of hydrogen-bond acceptors (Lipinski definition) is 5. The molecule has 172 valence electrons. The maximum absolute atomic E-state index is 13.8. The first-order chi connectivity index (χ1) is 15.8. The van der Waals surface area contributed by atoms with Gasteiger partial charge >= 0.3 is 12.1 Å². The van der Waals surface area contributed by atoms with Crippen molar-refractivity contribution < 1.29 is 37.0 Å². The number of halogens is 3. The fourth-order valence-electron chi connectivity index (χ4n) is 3.08. The smallest absolute Gasteiger partial charge is 0.417 e. The number of ether oxygens (including phenoxy) is 3. The van der Waals surface area contributed by atoms with E-state index in [-0.39, 0.29) is 31.1 Å². The number of esters is 1. The SMILES string of the molecule is CC(=O)OCCOc1ccc(-c2cccc(COc3ccc(C=O)cc3)c2)c(C(F)(F)F)c1. The predicted molar refractivity (Wildman–Crippen MR) is 115 cm³/mol. The first-order valence-corrected chi connectivity index (χ1v) is 10.0. The molecule has 0 saturated carbocycles. The summed E-state index contributed by atoms with van der Waals surface area (Å²) in [6.45, 7) is 1.27. The van der Waals surface area contributed by atoms with E-state index < -0.39 is 17.7 Å². The molecule has 3 aromatic carbocycles. The second kappa shape index (κ2) is 10.7. The third-order valence-corrected chi connectivity index (χ3v) is 4.61. The van der Waals surface area contributed by atoms with E-state index in [0.717, 1.165) is 12.4 Å². The van der Waals surface area contributed by atoms with E-state index in [1.54, 1.807) is 48.5 Å². The van der Waals surface area contributed by atoms with Crippen LogP contribution in [0.1, 0.15) is 28.4 Å². The number of carbonyl (C=O) groups is 2. The average molecular weight is 458 g/mol. The molecule has 0 aliphatic carbocycles. The zero-order valence-electron chi connectivity index (χ0n) is 17.7. The molecule has 3 aromatic rings. The van der Waals surface area contributed by atoms with Crippen LogP contribution < -0.4 is 9.47 Å². The Bertz CT molecular complexity index is 1110. The molecule has 0 spiro atoms. The molecule has 33 heavy (non-hydrogen) atoms. The number of alkyl halides is 3. The van der Waals surface area contributed by atoms with Gasteiger partial charge in [0.1, 0.15) is 37.6 Å². The van der Waals surface area contributed by atoms with Crippen LogP contribution in [-0.2, 0) is 22.3 Å². The Morgan fingerprint density at radius 1 is 0.909 bits per heavy atom. The molecule has 0 saturated heterocycles. The highest BCUT2D eigenvalue weighted by molar-refractivity contribution is 5.74. The summed E-state index contributed by atoms with van der Waals surface area (Å²) in [6.07, 6.45) is -3.88. The van der Waals surface area contributed by atoms with Gasteiger partial charge in [-0.1, -0.05) is 24.3 Å². The second-order valence-electron chi connectivity index (χ2n) is 7.07. The van der Waals surface area contributed by atoms with Gasteiger partial charge in [0.05, 0.1) is 5.56 Å². The number of carbonyl (C=O) groups excluding carboxylic acids is 2. The van der Waals surface area contributed by atoms with Gasteiger partial charge in [0.2, 0.25) is 0 Å². The van der Waals surface area contributed by atoms with Crippen LogP contribution in [0.5, 0.6) is 11.5 Å². The number of hydrogen-bond donors (Lipinski definition) is 0. The molecule has 3 rings (SSSR count). The van der Waals surface area contributed by atoms with Crippen LogP contribution in [0.3, 0.4) is 0 Å². The third-order valence-electron chi connectivity index (χ3n) is 4.61. The van der Waals surface area contributed by atoms with E-state index in [9.17, 15) is 22.8 Å². The Labute approximate surface area is 188 Å². The molecule has 5 nitrogen and oxygen atoms in total. The lowest BCUT2D eigenvalue weighted by Gasteiger charge is -2.16. The van der Waals surface area contributed by atoms with Crippen LogP contribution in [0.2, 0.25) is 0 Å². The van der Waals surface area contributed by atoms with Gasteiger partial charge < -0.3 is 14.2 Å². The fourth-order valence-corrected chi connectivity index (χ4v) is 3.08. The first kappa shape index (κ1) is 23.8. The lowest BCUT2D eigenvalue weighted by atomic mass is 9.97. The minimum absolute atomic E-state index is 0.00650. The van der Waals surface area contributed by atoms with Gasteiger partial charge in [-0.2, -0.15) is 13.2 Å². The molecule has 0 fully saturated rings. The summed E-state index contributed by atoms with van der Waals surface area (Å²) in [6, 6.07) is 16.9. The maximum atomic E-state index is 13.8. The van der Waals surface area contributed by atoms with Crippen molar-refractivity contribution >= 4 is 12.3 Å². The Kier molecular flexibility index (Phi) is 7.71. The monoisotopic (exact) mass is 458 g/mol. The van der Waals surface area contributed by atoms with Crippen molar-refractivity contribution in [3.63, 3.8) is 0 Å². The molecule has 0 aromatic heterocycles. The molecule has 0 aliphatic heterocycles. The summed E-state index contributed by atoms with van der Waals surface area (Å²) in [5.74, 6) is 0.0699. The normalized spacial score (nSPS) is 11.0. The van der Waals surface area contributed by atoms with E-state index in [1.807, 2.05) is 0 Å². The van der Waals surface area contributed by atoms with Crippen LogP contribution in [0.25, 0.3) is 11.1 Å². The van der Waals surface area contributed by atoms with Crippen LogP contribution >= 0.6 is 0 Å². The van der Waals surface area contributed by atoms with Crippen LogP contribution in [0.15, 0.2) is 66.7 Å². The molecular formula is C25H21F3O5. The lowest BCUT2D eigenvalue weighted by molar-refractivity contribution is -0.141. The van der Waals surface area contributed by atoms with Crippen molar-refractivity contribution in [2.75, 3.05) is 13.2 Å². The van der Waals surface area contributed by atoms with Gasteiger partial charge in [-0.3, -0.25) is 9.59 Å². The molecule has 0 atom stereocenters. The van der Waals surface area contributed by atoms with Crippen molar-refractivity contribution in [1.29, 1.82) is 0 Å². The Hall–Kier alpha value is -3.81. The van der Waals surface area contributed by atoms with E-state index in [0.29, 0.717) is 22.4 Å². The van der Waals surface area contributed by atoms with Gasteiger partial charge in [0, 0.05) is 12.5 Å². The standard InChI is InChI=1S/C25H21F3O5/c1-17(30)31-11-12-32-22-9-10-23(24(14-22)25(26,27)28)20-4-2-3-19(13-20)16-33-21-7-5-18(15-29)6-8-21/h2-10,13-15H,11-12,16H2,1H3. The van der Waals surface area contributed by atoms with E-state index >= 15 is 0 Å². The molecule has 0 radical (unpaired) electrons. The van der Waals surface area contributed by atoms with Crippen LogP contribution in [-0.4, -0.2) is 25.5 Å². The number of benzene rings is 3. The Morgan fingerprint density at radius 3 is 2.30 bits per heavy atom. The highest BCUT2D eigenvalue weighted by Gasteiger charge is 2.34. The third kappa shape index (κ3) is 6.83.